The summed E-state index contributed by atoms with van der Waals surface area (Å²) in [5.74, 6) is 0.451. The minimum Gasteiger partial charge on any atom is -0.242 e. The zero-order valence-corrected chi connectivity index (χ0v) is 12.8. The zero-order valence-electron chi connectivity index (χ0n) is 12.8. The lowest BCUT2D eigenvalue weighted by Crippen LogP contribution is -2.21. The fraction of sp³-hybridized carbons (Fsp3) is 0.562. The Kier molecular flexibility index (Phi) is 8.10. The third kappa shape index (κ3) is 4.91. The average Bonchev–Trinajstić information content (AvgIpc) is 2.38. The van der Waals surface area contributed by atoms with Crippen molar-refractivity contribution in [2.24, 2.45) is 11.0 Å². The summed E-state index contributed by atoms with van der Waals surface area (Å²) in [6.45, 7) is 16.5. The summed E-state index contributed by atoms with van der Waals surface area (Å²) in [6.07, 6.45) is 8.55. The Balaban J connectivity index is 0.000000631. The number of unbranched alkanes of at least 4 members (excludes halogenated alkanes) is 1. The standard InChI is InChI=1S/C12H18N2.C4H10/c1-6-11-8-10(5)12(9(3)4)13-14(11)7-2;1-3-4-2/h6-9H,2H2,1,3-5H3;3-4H2,1-2H3/b11-6-;. The predicted octanol–water partition coefficient (Wildman–Crippen LogP) is 5.11. The van der Waals surface area contributed by atoms with Crippen LogP contribution in [0.25, 0.3) is 0 Å². The van der Waals surface area contributed by atoms with E-state index < -0.39 is 0 Å². The van der Waals surface area contributed by atoms with Crippen LogP contribution in [0.2, 0.25) is 0 Å². The lowest BCUT2D eigenvalue weighted by atomic mass is 9.99. The highest BCUT2D eigenvalue weighted by Crippen LogP contribution is 2.21. The van der Waals surface area contributed by atoms with Gasteiger partial charge in [-0.3, -0.25) is 0 Å². The molecule has 0 saturated carbocycles. The van der Waals surface area contributed by atoms with Crippen molar-refractivity contribution in [3.05, 3.63) is 36.2 Å². The number of rotatable bonds is 3. The molecule has 0 aromatic carbocycles. The van der Waals surface area contributed by atoms with Gasteiger partial charge < -0.3 is 0 Å². The summed E-state index contributed by atoms with van der Waals surface area (Å²) < 4.78 is 0. The SMILES string of the molecule is C=CN1N=C(C(C)C)C(C)=C/C1=C/C.CCCC. The van der Waals surface area contributed by atoms with E-state index in [2.05, 4.69) is 52.4 Å². The van der Waals surface area contributed by atoms with Crippen molar-refractivity contribution in [3.8, 4) is 0 Å². The van der Waals surface area contributed by atoms with Crippen LogP contribution in [0.15, 0.2) is 41.3 Å². The molecule has 1 aliphatic heterocycles. The van der Waals surface area contributed by atoms with E-state index in [0.717, 1.165) is 11.4 Å². The Labute approximate surface area is 113 Å². The van der Waals surface area contributed by atoms with E-state index in [1.165, 1.54) is 18.4 Å². The fourth-order valence-electron chi connectivity index (χ4n) is 1.55. The van der Waals surface area contributed by atoms with Gasteiger partial charge in [0.25, 0.3) is 0 Å². The van der Waals surface area contributed by atoms with Crippen molar-refractivity contribution in [1.29, 1.82) is 0 Å². The van der Waals surface area contributed by atoms with Crippen molar-refractivity contribution < 1.29 is 0 Å². The van der Waals surface area contributed by atoms with Crippen LogP contribution < -0.4 is 0 Å². The third-order valence-corrected chi connectivity index (χ3v) is 2.76. The van der Waals surface area contributed by atoms with E-state index in [9.17, 15) is 0 Å². The summed E-state index contributed by atoms with van der Waals surface area (Å²) >= 11 is 0. The Hall–Kier alpha value is -1.31. The van der Waals surface area contributed by atoms with Crippen LogP contribution in [0.5, 0.6) is 0 Å². The first-order chi connectivity index (χ1) is 8.51. The Bertz CT molecular complexity index is 344. The number of hydrazone groups is 1. The zero-order chi connectivity index (χ0) is 14.1. The quantitative estimate of drug-likeness (QED) is 0.677. The topological polar surface area (TPSA) is 15.6 Å². The van der Waals surface area contributed by atoms with Gasteiger partial charge >= 0.3 is 0 Å². The van der Waals surface area contributed by atoms with Crippen LogP contribution in [0.4, 0.5) is 0 Å². The summed E-state index contributed by atoms with van der Waals surface area (Å²) in [6, 6.07) is 0. The largest absolute Gasteiger partial charge is 0.242 e. The van der Waals surface area contributed by atoms with E-state index in [1.807, 2.05) is 18.0 Å². The molecule has 0 unspecified atom stereocenters. The first-order valence-corrected chi connectivity index (χ1v) is 6.86. The molecule has 0 saturated heterocycles. The molecule has 102 valence electrons. The van der Waals surface area contributed by atoms with Crippen LogP contribution in [0.1, 0.15) is 54.4 Å². The van der Waals surface area contributed by atoms with Gasteiger partial charge in [0.05, 0.1) is 11.4 Å². The van der Waals surface area contributed by atoms with Gasteiger partial charge in [-0.2, -0.15) is 5.10 Å². The highest BCUT2D eigenvalue weighted by atomic mass is 15.5. The van der Waals surface area contributed by atoms with Crippen LogP contribution in [0.3, 0.4) is 0 Å². The summed E-state index contributed by atoms with van der Waals surface area (Å²) in [4.78, 5) is 0. The molecule has 0 aromatic rings. The van der Waals surface area contributed by atoms with E-state index in [1.54, 1.807) is 6.20 Å². The van der Waals surface area contributed by atoms with E-state index in [0.29, 0.717) is 5.92 Å². The van der Waals surface area contributed by atoms with Crippen molar-refractivity contribution >= 4 is 5.71 Å². The average molecular weight is 248 g/mol. The molecule has 2 heteroatoms. The van der Waals surface area contributed by atoms with Gasteiger partial charge in [-0.1, -0.05) is 53.2 Å². The van der Waals surface area contributed by atoms with Crippen molar-refractivity contribution in [2.45, 2.75) is 54.4 Å². The maximum atomic E-state index is 4.53. The molecule has 0 amide bonds. The molecule has 1 heterocycles. The van der Waals surface area contributed by atoms with E-state index in [4.69, 9.17) is 0 Å². The van der Waals surface area contributed by atoms with Gasteiger partial charge in [0.1, 0.15) is 0 Å². The predicted molar refractivity (Wildman–Crippen MR) is 82.4 cm³/mol. The normalized spacial score (nSPS) is 17.1. The highest BCUT2D eigenvalue weighted by molar-refractivity contribution is 6.01. The molecule has 0 radical (unpaired) electrons. The van der Waals surface area contributed by atoms with Gasteiger partial charge in [0, 0.05) is 6.20 Å². The smallest absolute Gasteiger partial charge is 0.0668 e. The first-order valence-electron chi connectivity index (χ1n) is 6.86. The second-order valence-corrected chi connectivity index (χ2v) is 4.71. The van der Waals surface area contributed by atoms with E-state index in [-0.39, 0.29) is 0 Å². The maximum Gasteiger partial charge on any atom is 0.0668 e. The monoisotopic (exact) mass is 248 g/mol. The summed E-state index contributed by atoms with van der Waals surface area (Å²) in [5, 5.41) is 6.35. The number of nitrogens with zero attached hydrogens (tertiary/aromatic N) is 2. The molecule has 18 heavy (non-hydrogen) atoms. The van der Waals surface area contributed by atoms with Crippen molar-refractivity contribution in [3.63, 3.8) is 0 Å². The Morgan fingerprint density at radius 1 is 1.33 bits per heavy atom. The molecule has 0 bridgehead atoms. The lowest BCUT2D eigenvalue weighted by Gasteiger charge is -2.24. The Morgan fingerprint density at radius 2 is 1.89 bits per heavy atom. The second-order valence-electron chi connectivity index (χ2n) is 4.71. The van der Waals surface area contributed by atoms with Gasteiger partial charge in [0.15, 0.2) is 0 Å². The lowest BCUT2D eigenvalue weighted by molar-refractivity contribution is 0.502. The molecule has 1 aliphatic rings. The van der Waals surface area contributed by atoms with Crippen LogP contribution in [0, 0.1) is 5.92 Å². The number of hydrogen-bond acceptors (Lipinski definition) is 2. The van der Waals surface area contributed by atoms with Crippen LogP contribution >= 0.6 is 0 Å². The second kappa shape index (κ2) is 8.73. The number of hydrogen-bond donors (Lipinski definition) is 0. The molecule has 0 atom stereocenters. The van der Waals surface area contributed by atoms with Gasteiger partial charge in [-0.15, -0.1) is 0 Å². The Morgan fingerprint density at radius 3 is 2.22 bits per heavy atom. The van der Waals surface area contributed by atoms with E-state index >= 15 is 0 Å². The molecular weight excluding hydrogens is 220 g/mol. The summed E-state index contributed by atoms with van der Waals surface area (Å²) in [7, 11) is 0. The molecule has 0 aromatic heterocycles. The van der Waals surface area contributed by atoms with Crippen molar-refractivity contribution in [2.75, 3.05) is 0 Å². The molecular formula is C16H28N2. The fourth-order valence-corrected chi connectivity index (χ4v) is 1.55. The van der Waals surface area contributed by atoms with Gasteiger partial charge in [0.2, 0.25) is 0 Å². The molecule has 0 N–H and O–H groups in total. The molecule has 0 aliphatic carbocycles. The first kappa shape index (κ1) is 16.7. The summed E-state index contributed by atoms with van der Waals surface area (Å²) in [5.41, 5.74) is 3.46. The molecule has 0 fully saturated rings. The van der Waals surface area contributed by atoms with Gasteiger partial charge in [-0.05, 0) is 31.4 Å². The van der Waals surface area contributed by atoms with Crippen molar-refractivity contribution in [1.82, 2.24) is 5.01 Å². The minimum absolute atomic E-state index is 0.451. The highest BCUT2D eigenvalue weighted by Gasteiger charge is 2.16. The minimum atomic E-state index is 0.451. The number of allylic oxidation sites excluding steroid dienone is 3. The maximum absolute atomic E-state index is 4.53. The molecule has 0 spiro atoms. The molecule has 2 nitrogen and oxygen atoms in total. The molecule has 1 rings (SSSR count). The third-order valence-electron chi connectivity index (χ3n) is 2.76. The van der Waals surface area contributed by atoms with Crippen LogP contribution in [-0.4, -0.2) is 10.7 Å². The van der Waals surface area contributed by atoms with Crippen LogP contribution in [-0.2, 0) is 0 Å². The van der Waals surface area contributed by atoms with Gasteiger partial charge in [-0.25, -0.2) is 5.01 Å².